The van der Waals surface area contributed by atoms with Crippen molar-refractivity contribution in [3.05, 3.63) is 106 Å². The zero-order chi connectivity index (χ0) is 38.3. The largest absolute Gasteiger partial charge is 0.462 e. The van der Waals surface area contributed by atoms with Gasteiger partial charge in [0.15, 0.2) is 0 Å². The molecule has 4 nitrogen and oxygen atoms in total. The Morgan fingerprint density at radius 2 is 1.24 bits per heavy atom. The molecule has 0 saturated carbocycles. The Morgan fingerprint density at radius 3 is 1.72 bits per heavy atom. The van der Waals surface area contributed by atoms with Crippen LogP contribution >= 0.6 is 0 Å². The van der Waals surface area contributed by atoms with Crippen molar-refractivity contribution >= 4 is 11.9 Å². The second kappa shape index (κ2) is 24.7. The summed E-state index contributed by atoms with van der Waals surface area (Å²) in [5, 5.41) is 0. The Balaban J connectivity index is 0.000000915. The van der Waals surface area contributed by atoms with E-state index in [1.54, 1.807) is 5.57 Å². The summed E-state index contributed by atoms with van der Waals surface area (Å²) in [5.74, 6) is -0.117. The van der Waals surface area contributed by atoms with Crippen molar-refractivity contribution in [1.29, 1.82) is 0 Å². The first-order valence-electron chi connectivity index (χ1n) is 18.9. The number of ether oxygens (including phenoxy) is 2. The highest BCUT2D eigenvalue weighted by Gasteiger charge is 2.27. The van der Waals surface area contributed by atoms with E-state index in [4.69, 9.17) is 9.47 Å². The summed E-state index contributed by atoms with van der Waals surface area (Å²) in [7, 11) is 0. The molecule has 0 aliphatic heterocycles. The molecule has 2 aliphatic rings. The molecule has 4 heteroatoms. The Kier molecular flexibility index (Phi) is 23.0. The summed E-state index contributed by atoms with van der Waals surface area (Å²) in [4.78, 5) is 21.4. The Hall–Kier alpha value is -3.40. The van der Waals surface area contributed by atoms with Gasteiger partial charge in [-0.1, -0.05) is 125 Å². The van der Waals surface area contributed by atoms with E-state index in [0.717, 1.165) is 18.4 Å². The Labute approximate surface area is 308 Å². The van der Waals surface area contributed by atoms with Crippen molar-refractivity contribution in [3.63, 3.8) is 0 Å². The minimum Gasteiger partial charge on any atom is -0.462 e. The van der Waals surface area contributed by atoms with Crippen LogP contribution in [0, 0.1) is 16.7 Å². The number of carbonyl (C=O) groups excluding carboxylic acids is 2. The number of esters is 2. The lowest BCUT2D eigenvalue weighted by Gasteiger charge is -2.33. The van der Waals surface area contributed by atoms with Crippen LogP contribution in [0.25, 0.3) is 0 Å². The monoisotopic (exact) mass is 689 g/mol. The highest BCUT2D eigenvalue weighted by molar-refractivity contribution is 5.66. The summed E-state index contributed by atoms with van der Waals surface area (Å²) in [6.45, 7) is 29.5. The molecule has 0 fully saturated rings. The van der Waals surface area contributed by atoms with E-state index in [-0.39, 0.29) is 17.4 Å². The molecule has 0 aromatic heterocycles. The van der Waals surface area contributed by atoms with Crippen molar-refractivity contribution in [1.82, 2.24) is 0 Å². The molecule has 0 amide bonds. The van der Waals surface area contributed by atoms with Gasteiger partial charge in [-0.2, -0.15) is 0 Å². The molecule has 280 valence electrons. The first-order valence-corrected chi connectivity index (χ1v) is 18.9. The van der Waals surface area contributed by atoms with Crippen molar-refractivity contribution < 1.29 is 19.1 Å². The molecule has 0 aromatic carbocycles. The maximum atomic E-state index is 10.7. The third-order valence-electron chi connectivity index (χ3n) is 9.25. The van der Waals surface area contributed by atoms with Gasteiger partial charge in [0.2, 0.25) is 0 Å². The lowest BCUT2D eigenvalue weighted by Crippen LogP contribution is -2.19. The van der Waals surface area contributed by atoms with Gasteiger partial charge in [0.25, 0.3) is 0 Å². The van der Waals surface area contributed by atoms with E-state index in [2.05, 4.69) is 98.8 Å². The van der Waals surface area contributed by atoms with Crippen molar-refractivity contribution in [2.75, 3.05) is 6.61 Å². The average Bonchev–Trinajstić information content (AvgIpc) is 3.01. The maximum absolute atomic E-state index is 10.7. The van der Waals surface area contributed by atoms with Crippen LogP contribution in [-0.2, 0) is 19.1 Å². The molecule has 0 saturated heterocycles. The van der Waals surface area contributed by atoms with Crippen LogP contribution < -0.4 is 0 Å². The molecular formula is C46H72O4. The van der Waals surface area contributed by atoms with Crippen molar-refractivity contribution in [2.24, 2.45) is 16.7 Å². The second-order valence-corrected chi connectivity index (χ2v) is 15.0. The molecule has 0 N–H and O–H groups in total. The smallest absolute Gasteiger partial charge is 0.307 e. The fraction of sp³-hybridized carbons (Fsp3) is 0.565. The van der Waals surface area contributed by atoms with Gasteiger partial charge in [0, 0.05) is 13.8 Å². The van der Waals surface area contributed by atoms with Gasteiger partial charge in [-0.3, -0.25) is 9.59 Å². The fourth-order valence-corrected chi connectivity index (χ4v) is 6.22. The Bertz CT molecular complexity index is 1350. The first-order chi connectivity index (χ1) is 23.4. The van der Waals surface area contributed by atoms with Gasteiger partial charge in [-0.15, -0.1) is 0 Å². The first kappa shape index (κ1) is 46.6. The van der Waals surface area contributed by atoms with Gasteiger partial charge in [-0.25, -0.2) is 0 Å². The van der Waals surface area contributed by atoms with Crippen molar-refractivity contribution in [2.45, 2.75) is 148 Å². The molecule has 1 atom stereocenters. The predicted molar refractivity (Wildman–Crippen MR) is 217 cm³/mol. The average molecular weight is 689 g/mol. The second-order valence-electron chi connectivity index (χ2n) is 15.0. The van der Waals surface area contributed by atoms with E-state index in [9.17, 15) is 9.59 Å². The number of hydrogen-bond acceptors (Lipinski definition) is 4. The van der Waals surface area contributed by atoms with E-state index >= 15 is 0 Å². The van der Waals surface area contributed by atoms with Gasteiger partial charge >= 0.3 is 11.9 Å². The molecule has 2 rings (SSSR count). The molecule has 0 radical (unpaired) electrons. The Morgan fingerprint density at radius 1 is 0.740 bits per heavy atom. The van der Waals surface area contributed by atoms with Crippen LogP contribution in [0.1, 0.15) is 148 Å². The summed E-state index contributed by atoms with van der Waals surface area (Å²) in [5.41, 5.74) is 10.3. The van der Waals surface area contributed by atoms with Gasteiger partial charge in [-0.05, 0) is 126 Å². The van der Waals surface area contributed by atoms with Crippen LogP contribution in [0.3, 0.4) is 0 Å². The quantitative estimate of drug-likeness (QED) is 0.110. The highest BCUT2D eigenvalue weighted by Crippen LogP contribution is 2.41. The van der Waals surface area contributed by atoms with Crippen LogP contribution in [0.2, 0.25) is 0 Å². The minimum absolute atomic E-state index is 0.251. The van der Waals surface area contributed by atoms with Crippen LogP contribution in [0.4, 0.5) is 0 Å². The summed E-state index contributed by atoms with van der Waals surface area (Å²) in [6, 6.07) is 0. The molecule has 0 spiro atoms. The lowest BCUT2D eigenvalue weighted by molar-refractivity contribution is -0.139. The van der Waals surface area contributed by atoms with Crippen molar-refractivity contribution in [3.8, 4) is 0 Å². The van der Waals surface area contributed by atoms with E-state index in [1.165, 1.54) is 86.5 Å². The predicted octanol–water partition coefficient (Wildman–Crippen LogP) is 13.6. The van der Waals surface area contributed by atoms with Crippen LogP contribution in [-0.4, -0.2) is 18.5 Å². The maximum Gasteiger partial charge on any atom is 0.307 e. The SMILES string of the molecule is CC.CC(=O)O/C=C/C(C)CC/C=C(C)/C=C/C1=C(C)CCCC1(C)C.CC(=O)OC/C=C(C)/C=C/C=C(C)/C=C/C1=C(C)CCCC1(C)C. The van der Waals surface area contributed by atoms with Gasteiger partial charge < -0.3 is 9.47 Å². The molecule has 2 aliphatic carbocycles. The van der Waals surface area contributed by atoms with Crippen LogP contribution in [0.15, 0.2) is 106 Å². The summed E-state index contributed by atoms with van der Waals surface area (Å²) < 4.78 is 9.72. The van der Waals surface area contributed by atoms with E-state index in [0.29, 0.717) is 17.9 Å². The molecular weight excluding hydrogens is 617 g/mol. The molecule has 0 aromatic rings. The normalized spacial score (nSPS) is 19.0. The number of allylic oxidation sites excluding steroid dienone is 16. The third-order valence-corrected chi connectivity index (χ3v) is 9.25. The molecule has 1 unspecified atom stereocenters. The zero-order valence-corrected chi connectivity index (χ0v) is 34.4. The minimum atomic E-state index is -0.269. The highest BCUT2D eigenvalue weighted by atomic mass is 16.5. The molecule has 50 heavy (non-hydrogen) atoms. The number of hydrogen-bond donors (Lipinski definition) is 0. The lowest BCUT2D eigenvalue weighted by atomic mass is 9.72. The number of rotatable bonds is 13. The number of carbonyl (C=O) groups is 2. The zero-order valence-electron chi connectivity index (χ0n) is 34.4. The molecule has 0 heterocycles. The summed E-state index contributed by atoms with van der Waals surface area (Å²) in [6.07, 6.45) is 32.6. The topological polar surface area (TPSA) is 52.6 Å². The standard InChI is InChI=1S/C22H34O2.C22H32O2.C2H6/c2*1-17(9-7-10-18(2)14-16-24-20(4)23)12-13-21-19(3)11-8-15-22(21,5)6;1-2/h9,12-14,16,18H,7-8,10-11,15H2,1-6H3;7,9-10,12-14H,8,11,15-16H2,1-6H3;1-2H3/b13-12+,16-14+,17-9+;10-7+,13-12+,17-9+,18-14+;. The fourth-order valence-electron chi connectivity index (χ4n) is 6.22. The van der Waals surface area contributed by atoms with E-state index in [1.807, 2.05) is 45.1 Å². The van der Waals surface area contributed by atoms with Gasteiger partial charge in [0.1, 0.15) is 6.61 Å². The van der Waals surface area contributed by atoms with Gasteiger partial charge in [0.05, 0.1) is 6.26 Å². The third kappa shape index (κ3) is 20.3. The van der Waals surface area contributed by atoms with Crippen LogP contribution in [0.5, 0.6) is 0 Å². The molecule has 0 bridgehead atoms. The van der Waals surface area contributed by atoms with E-state index < -0.39 is 0 Å². The summed E-state index contributed by atoms with van der Waals surface area (Å²) >= 11 is 0.